The molecule has 0 aliphatic carbocycles. The van der Waals surface area contributed by atoms with E-state index in [1.165, 1.54) is 6.20 Å². The van der Waals surface area contributed by atoms with Crippen molar-refractivity contribution in [2.45, 2.75) is 13.0 Å². The summed E-state index contributed by atoms with van der Waals surface area (Å²) in [6.07, 6.45) is 3.64. The van der Waals surface area contributed by atoms with Gasteiger partial charge in [-0.05, 0) is 29.2 Å². The Morgan fingerprint density at radius 1 is 1.17 bits per heavy atom. The minimum atomic E-state index is -0.974. The Labute approximate surface area is 133 Å². The van der Waals surface area contributed by atoms with Gasteiger partial charge in [0.15, 0.2) is 0 Å². The van der Waals surface area contributed by atoms with Gasteiger partial charge in [-0.25, -0.2) is 9.59 Å². The maximum absolute atomic E-state index is 11.5. The number of aromatic carboxylic acids is 1. The third-order valence-corrected chi connectivity index (χ3v) is 3.79. The van der Waals surface area contributed by atoms with Crippen molar-refractivity contribution in [2.75, 3.05) is 13.1 Å². The summed E-state index contributed by atoms with van der Waals surface area (Å²) < 4.78 is 0. The van der Waals surface area contributed by atoms with E-state index in [2.05, 4.69) is 10.3 Å². The first-order valence-electron chi connectivity index (χ1n) is 7.39. The summed E-state index contributed by atoms with van der Waals surface area (Å²) in [5.41, 5.74) is 3.20. The summed E-state index contributed by atoms with van der Waals surface area (Å²) in [6.45, 7) is 2.03. The first kappa shape index (κ1) is 15.0. The average Bonchev–Trinajstić information content (AvgIpc) is 2.95. The lowest BCUT2D eigenvalue weighted by Crippen LogP contribution is -2.27. The number of amides is 2. The normalized spacial score (nSPS) is 13.9. The summed E-state index contributed by atoms with van der Waals surface area (Å²) in [5.74, 6) is -0.974. The number of carboxylic acid groups (broad SMARTS) is 1. The van der Waals surface area contributed by atoms with E-state index in [1.807, 2.05) is 24.3 Å². The van der Waals surface area contributed by atoms with E-state index in [1.54, 1.807) is 17.2 Å². The second kappa shape index (κ2) is 6.48. The van der Waals surface area contributed by atoms with Gasteiger partial charge in [0, 0.05) is 32.0 Å². The van der Waals surface area contributed by atoms with Crippen LogP contribution in [-0.2, 0) is 13.0 Å². The minimum Gasteiger partial charge on any atom is -0.478 e. The maximum atomic E-state index is 11.5. The number of carboxylic acids is 1. The van der Waals surface area contributed by atoms with E-state index in [-0.39, 0.29) is 11.6 Å². The average molecular weight is 311 g/mol. The molecule has 1 saturated heterocycles. The van der Waals surface area contributed by atoms with Gasteiger partial charge in [-0.2, -0.15) is 0 Å². The van der Waals surface area contributed by atoms with Gasteiger partial charge in [0.25, 0.3) is 0 Å². The molecule has 1 aliphatic rings. The van der Waals surface area contributed by atoms with E-state index in [0.717, 1.165) is 23.2 Å². The van der Waals surface area contributed by atoms with Crippen LogP contribution in [0, 0.1) is 0 Å². The molecular formula is C17H17N3O3. The highest BCUT2D eigenvalue weighted by Gasteiger charge is 2.19. The number of benzene rings is 1. The lowest BCUT2D eigenvalue weighted by molar-refractivity contribution is 0.0696. The molecule has 0 radical (unpaired) electrons. The highest BCUT2D eigenvalue weighted by molar-refractivity contribution is 5.87. The molecule has 0 saturated carbocycles. The molecule has 2 heterocycles. The summed E-state index contributed by atoms with van der Waals surface area (Å²) in [4.78, 5) is 28.2. The van der Waals surface area contributed by atoms with Crippen molar-refractivity contribution in [1.82, 2.24) is 15.2 Å². The fourth-order valence-electron chi connectivity index (χ4n) is 2.58. The predicted molar refractivity (Wildman–Crippen MR) is 84.3 cm³/mol. The lowest BCUT2D eigenvalue weighted by atomic mass is 10.0. The zero-order chi connectivity index (χ0) is 16.2. The molecule has 23 heavy (non-hydrogen) atoms. The van der Waals surface area contributed by atoms with Crippen molar-refractivity contribution < 1.29 is 14.7 Å². The highest BCUT2D eigenvalue weighted by Crippen LogP contribution is 2.13. The zero-order valence-electron chi connectivity index (χ0n) is 12.5. The molecule has 0 bridgehead atoms. The van der Waals surface area contributed by atoms with Crippen molar-refractivity contribution in [3.63, 3.8) is 0 Å². The van der Waals surface area contributed by atoms with Gasteiger partial charge in [-0.15, -0.1) is 0 Å². The molecule has 0 spiro atoms. The number of urea groups is 1. The van der Waals surface area contributed by atoms with E-state index in [4.69, 9.17) is 5.11 Å². The molecule has 6 nitrogen and oxygen atoms in total. The molecule has 2 N–H and O–H groups in total. The minimum absolute atomic E-state index is 0.0226. The lowest BCUT2D eigenvalue weighted by Gasteiger charge is -2.14. The van der Waals surface area contributed by atoms with Crippen LogP contribution in [0.15, 0.2) is 42.7 Å². The molecule has 1 fully saturated rings. The third kappa shape index (κ3) is 3.66. The van der Waals surface area contributed by atoms with Crippen molar-refractivity contribution >= 4 is 12.0 Å². The van der Waals surface area contributed by atoms with Crippen LogP contribution in [0.1, 0.15) is 27.0 Å². The van der Waals surface area contributed by atoms with Crippen LogP contribution >= 0.6 is 0 Å². The molecule has 6 heteroatoms. The SMILES string of the molecule is O=C(O)c1cncc(Cc2ccc(CN3CCNC3=O)cc2)c1. The second-order valence-corrected chi connectivity index (χ2v) is 5.53. The van der Waals surface area contributed by atoms with Crippen LogP contribution in [0.25, 0.3) is 0 Å². The van der Waals surface area contributed by atoms with E-state index >= 15 is 0 Å². The molecule has 1 aromatic carbocycles. The third-order valence-electron chi connectivity index (χ3n) is 3.79. The van der Waals surface area contributed by atoms with Gasteiger partial charge in [0.1, 0.15) is 0 Å². The quantitative estimate of drug-likeness (QED) is 0.883. The van der Waals surface area contributed by atoms with Crippen LogP contribution in [0.3, 0.4) is 0 Å². The Hall–Kier alpha value is -2.89. The van der Waals surface area contributed by atoms with Gasteiger partial charge < -0.3 is 15.3 Å². The standard InChI is InChI=1S/C17H17N3O3/c21-16(22)15-8-14(9-18-10-15)7-12-1-3-13(4-2-12)11-20-6-5-19-17(20)23/h1-4,8-10H,5-7,11H2,(H,19,23)(H,21,22). The Kier molecular flexibility index (Phi) is 4.23. The van der Waals surface area contributed by atoms with Gasteiger partial charge in [-0.1, -0.05) is 24.3 Å². The Morgan fingerprint density at radius 3 is 2.57 bits per heavy atom. The van der Waals surface area contributed by atoms with Crippen molar-refractivity contribution in [3.05, 3.63) is 65.0 Å². The molecule has 2 amide bonds. The van der Waals surface area contributed by atoms with Gasteiger partial charge in [0.2, 0.25) is 0 Å². The molecule has 1 aliphatic heterocycles. The van der Waals surface area contributed by atoms with E-state index in [9.17, 15) is 9.59 Å². The fraction of sp³-hybridized carbons (Fsp3) is 0.235. The highest BCUT2D eigenvalue weighted by atomic mass is 16.4. The monoisotopic (exact) mass is 311 g/mol. The number of rotatable bonds is 5. The predicted octanol–water partition coefficient (Wildman–Crippen LogP) is 1.90. The Morgan fingerprint density at radius 2 is 1.91 bits per heavy atom. The zero-order valence-corrected chi connectivity index (χ0v) is 12.5. The van der Waals surface area contributed by atoms with Crippen LogP contribution in [0.4, 0.5) is 4.79 Å². The van der Waals surface area contributed by atoms with Crippen molar-refractivity contribution in [1.29, 1.82) is 0 Å². The van der Waals surface area contributed by atoms with Crippen molar-refractivity contribution in [3.8, 4) is 0 Å². The molecule has 1 aromatic heterocycles. The number of nitrogens with zero attached hydrogens (tertiary/aromatic N) is 2. The molecule has 0 unspecified atom stereocenters. The molecular weight excluding hydrogens is 294 g/mol. The van der Waals surface area contributed by atoms with Gasteiger partial charge in [0.05, 0.1) is 5.56 Å². The maximum Gasteiger partial charge on any atom is 0.337 e. The van der Waals surface area contributed by atoms with Crippen molar-refractivity contribution in [2.24, 2.45) is 0 Å². The first-order valence-corrected chi connectivity index (χ1v) is 7.39. The topological polar surface area (TPSA) is 82.5 Å². The van der Waals surface area contributed by atoms with Crippen LogP contribution in [0.2, 0.25) is 0 Å². The Balaban J connectivity index is 1.66. The van der Waals surface area contributed by atoms with Gasteiger partial charge in [-0.3, -0.25) is 4.98 Å². The number of aromatic nitrogens is 1. The summed E-state index contributed by atoms with van der Waals surface area (Å²) in [5, 5.41) is 11.8. The molecule has 3 rings (SSSR count). The summed E-state index contributed by atoms with van der Waals surface area (Å²) >= 11 is 0. The number of carbonyl (C=O) groups excluding carboxylic acids is 1. The summed E-state index contributed by atoms with van der Waals surface area (Å²) in [7, 11) is 0. The molecule has 0 atom stereocenters. The van der Waals surface area contributed by atoms with Gasteiger partial charge >= 0.3 is 12.0 Å². The molecule has 2 aromatic rings. The number of pyridine rings is 1. The van der Waals surface area contributed by atoms with E-state index < -0.39 is 5.97 Å². The van der Waals surface area contributed by atoms with E-state index in [0.29, 0.717) is 19.5 Å². The van der Waals surface area contributed by atoms with Crippen LogP contribution in [0.5, 0.6) is 0 Å². The molecule has 118 valence electrons. The fourth-order valence-corrected chi connectivity index (χ4v) is 2.58. The number of hydrogen-bond donors (Lipinski definition) is 2. The number of carbonyl (C=O) groups is 2. The number of hydrogen-bond acceptors (Lipinski definition) is 3. The largest absolute Gasteiger partial charge is 0.478 e. The first-order chi connectivity index (χ1) is 11.1. The number of nitrogens with one attached hydrogen (secondary N) is 1. The van der Waals surface area contributed by atoms with Crippen LogP contribution in [-0.4, -0.2) is 40.1 Å². The smallest absolute Gasteiger partial charge is 0.337 e. The second-order valence-electron chi connectivity index (χ2n) is 5.53. The Bertz CT molecular complexity index is 728. The summed E-state index contributed by atoms with van der Waals surface area (Å²) in [6, 6.07) is 9.60. The van der Waals surface area contributed by atoms with Crippen LogP contribution < -0.4 is 5.32 Å².